The van der Waals surface area contributed by atoms with Gasteiger partial charge in [0.05, 0.1) is 13.2 Å². The molecule has 3 N–H and O–H groups in total. The highest BCUT2D eigenvalue weighted by Crippen LogP contribution is 2.42. The van der Waals surface area contributed by atoms with Crippen LogP contribution in [0.1, 0.15) is 194 Å². The van der Waals surface area contributed by atoms with E-state index in [9.17, 15) is 24.2 Å². The number of carbonyl (C=O) groups excluding carboxylic acids is 2. The molecule has 300 valence electrons. The summed E-state index contributed by atoms with van der Waals surface area (Å²) in [5.74, 6) is -0.526. The van der Waals surface area contributed by atoms with Crippen LogP contribution < -0.4 is 5.32 Å². The molecule has 0 aliphatic heterocycles. The van der Waals surface area contributed by atoms with Crippen molar-refractivity contribution in [3.05, 3.63) is 24.3 Å². The molecule has 2 unspecified atom stereocenters. The van der Waals surface area contributed by atoms with Crippen LogP contribution >= 0.6 is 7.82 Å². The number of amides is 1. The molecule has 9 nitrogen and oxygen atoms in total. The maximum absolute atomic E-state index is 12.1. The fraction of sp³-hybridized carbons (Fsp3) is 0.854. The molecule has 0 aliphatic rings. The molecular weight excluding hydrogens is 665 g/mol. The molecule has 0 aromatic rings. The van der Waals surface area contributed by atoms with Crippen LogP contribution in [0.25, 0.3) is 0 Å². The van der Waals surface area contributed by atoms with Gasteiger partial charge in [-0.25, -0.2) is 4.57 Å². The zero-order valence-electron chi connectivity index (χ0n) is 32.8. The van der Waals surface area contributed by atoms with Crippen LogP contribution in [0.2, 0.25) is 0 Å². The second-order valence-corrected chi connectivity index (χ2v) is 15.4. The van der Waals surface area contributed by atoms with E-state index in [1.807, 2.05) is 0 Å². The number of phosphoric acid groups is 1. The van der Waals surface area contributed by atoms with Gasteiger partial charge in [0.25, 0.3) is 0 Å². The smallest absolute Gasteiger partial charge is 0.463 e. The average Bonchev–Trinajstić information content (AvgIpc) is 3.11. The van der Waals surface area contributed by atoms with Crippen molar-refractivity contribution >= 4 is 19.7 Å². The molecule has 51 heavy (non-hydrogen) atoms. The number of unbranched alkanes of at least 4 members (excludes halogenated alkanes) is 22. The van der Waals surface area contributed by atoms with E-state index in [0.717, 1.165) is 64.2 Å². The number of allylic oxidation sites excluding steroid dienone is 4. The normalized spacial score (nSPS) is 13.6. The predicted octanol–water partition coefficient (Wildman–Crippen LogP) is 11.2. The van der Waals surface area contributed by atoms with E-state index >= 15 is 0 Å². The van der Waals surface area contributed by atoms with E-state index in [1.165, 1.54) is 103 Å². The standard InChI is InChI=1S/C41H78NO8P/c1-3-5-7-9-11-13-15-17-19-21-23-25-27-29-31-33-40(44)42-35-36-49-51(46,47)50-38-39(43)37-48-41(45)34-32-30-28-26-24-22-20-18-16-14-12-10-8-6-4-2/h11,13,17,19,39,43H,3-10,12,14-16,18,20-38H2,1-2H3,(H,42,44)(H,46,47)/b13-11-,19-17-. The molecule has 0 aromatic heterocycles. The Morgan fingerprint density at radius 2 is 1.06 bits per heavy atom. The van der Waals surface area contributed by atoms with Crippen LogP contribution in [0.4, 0.5) is 0 Å². The first kappa shape index (κ1) is 49.5. The fourth-order valence-electron chi connectivity index (χ4n) is 5.70. The summed E-state index contributed by atoms with van der Waals surface area (Å²) >= 11 is 0. The van der Waals surface area contributed by atoms with E-state index in [1.54, 1.807) is 0 Å². The number of phosphoric ester groups is 1. The number of hydrogen-bond acceptors (Lipinski definition) is 7. The summed E-state index contributed by atoms with van der Waals surface area (Å²) < 4.78 is 26.8. The van der Waals surface area contributed by atoms with E-state index in [-0.39, 0.29) is 32.1 Å². The first-order chi connectivity index (χ1) is 24.8. The Labute approximate surface area is 312 Å². The molecular formula is C41H78NO8P. The Hall–Kier alpha value is -1.51. The lowest BCUT2D eigenvalue weighted by molar-refractivity contribution is -0.147. The summed E-state index contributed by atoms with van der Waals surface area (Å²) in [6.45, 7) is 3.52. The highest BCUT2D eigenvalue weighted by atomic mass is 31.2. The van der Waals surface area contributed by atoms with Crippen molar-refractivity contribution in [3.8, 4) is 0 Å². The molecule has 0 heterocycles. The number of aliphatic hydroxyl groups is 1. The van der Waals surface area contributed by atoms with Crippen LogP contribution in [0.5, 0.6) is 0 Å². The van der Waals surface area contributed by atoms with E-state index in [4.69, 9.17) is 13.8 Å². The molecule has 0 fully saturated rings. The molecule has 0 bridgehead atoms. The van der Waals surface area contributed by atoms with Crippen molar-refractivity contribution in [3.63, 3.8) is 0 Å². The van der Waals surface area contributed by atoms with Crippen molar-refractivity contribution < 1.29 is 37.9 Å². The van der Waals surface area contributed by atoms with Gasteiger partial charge in [-0.1, -0.05) is 160 Å². The zero-order valence-corrected chi connectivity index (χ0v) is 33.7. The molecule has 0 aromatic carbocycles. The van der Waals surface area contributed by atoms with Crippen molar-refractivity contribution in [2.75, 3.05) is 26.4 Å². The fourth-order valence-corrected chi connectivity index (χ4v) is 6.46. The first-order valence-electron chi connectivity index (χ1n) is 20.8. The number of ether oxygens (including phenoxy) is 1. The molecule has 0 saturated heterocycles. The van der Waals surface area contributed by atoms with Gasteiger partial charge in [0.2, 0.25) is 5.91 Å². The maximum atomic E-state index is 12.1. The van der Waals surface area contributed by atoms with Crippen molar-refractivity contribution in [1.82, 2.24) is 5.32 Å². The van der Waals surface area contributed by atoms with Crippen molar-refractivity contribution in [2.24, 2.45) is 0 Å². The third-order valence-corrected chi connectivity index (χ3v) is 9.87. The van der Waals surface area contributed by atoms with Gasteiger partial charge in [-0.3, -0.25) is 18.6 Å². The van der Waals surface area contributed by atoms with E-state index in [0.29, 0.717) is 6.42 Å². The monoisotopic (exact) mass is 744 g/mol. The number of aliphatic hydroxyl groups excluding tert-OH is 1. The maximum Gasteiger partial charge on any atom is 0.472 e. The number of carbonyl (C=O) groups is 2. The predicted molar refractivity (Wildman–Crippen MR) is 211 cm³/mol. The van der Waals surface area contributed by atoms with Crippen LogP contribution in [0.3, 0.4) is 0 Å². The van der Waals surface area contributed by atoms with Crippen LogP contribution in [0.15, 0.2) is 24.3 Å². The lowest BCUT2D eigenvalue weighted by Gasteiger charge is -2.15. The van der Waals surface area contributed by atoms with Crippen LogP contribution in [0, 0.1) is 0 Å². The summed E-state index contributed by atoms with van der Waals surface area (Å²) in [7, 11) is -4.41. The third-order valence-electron chi connectivity index (χ3n) is 8.88. The third kappa shape index (κ3) is 39.5. The molecule has 0 radical (unpaired) electrons. The van der Waals surface area contributed by atoms with Gasteiger partial charge in [0, 0.05) is 19.4 Å². The van der Waals surface area contributed by atoms with Gasteiger partial charge in [-0.15, -0.1) is 0 Å². The van der Waals surface area contributed by atoms with Gasteiger partial charge in [-0.2, -0.15) is 0 Å². The molecule has 2 atom stereocenters. The summed E-state index contributed by atoms with van der Waals surface area (Å²) in [6.07, 6.45) is 39.6. The Bertz CT molecular complexity index is 897. The van der Waals surface area contributed by atoms with Crippen molar-refractivity contribution in [2.45, 2.75) is 200 Å². The summed E-state index contributed by atoms with van der Waals surface area (Å²) in [6, 6.07) is 0. The van der Waals surface area contributed by atoms with Gasteiger partial charge in [-0.05, 0) is 44.9 Å². The molecule has 0 saturated carbocycles. The Morgan fingerprint density at radius 3 is 1.61 bits per heavy atom. The number of esters is 1. The SMILES string of the molecule is CCCCC/C=C\C/C=C\CCCCCCCC(=O)NCCOP(=O)(O)OCC(O)COC(=O)CCCCCCCCCCCCCCCCC. The Balaban J connectivity index is 3.61. The second kappa shape index (κ2) is 38.2. The summed E-state index contributed by atoms with van der Waals surface area (Å²) in [5.41, 5.74) is 0. The largest absolute Gasteiger partial charge is 0.472 e. The lowest BCUT2D eigenvalue weighted by atomic mass is 10.0. The number of rotatable bonds is 39. The van der Waals surface area contributed by atoms with Gasteiger partial charge in [0.1, 0.15) is 12.7 Å². The van der Waals surface area contributed by atoms with Gasteiger partial charge in [0.15, 0.2) is 0 Å². The molecule has 0 aliphatic carbocycles. The molecule has 1 amide bonds. The second-order valence-electron chi connectivity index (χ2n) is 14.0. The molecule has 10 heteroatoms. The molecule has 0 spiro atoms. The first-order valence-corrected chi connectivity index (χ1v) is 22.3. The minimum Gasteiger partial charge on any atom is -0.463 e. The quantitative estimate of drug-likeness (QED) is 0.0245. The highest BCUT2D eigenvalue weighted by Gasteiger charge is 2.23. The highest BCUT2D eigenvalue weighted by molar-refractivity contribution is 7.47. The number of hydrogen-bond donors (Lipinski definition) is 3. The Morgan fingerprint density at radius 1 is 0.608 bits per heavy atom. The summed E-state index contributed by atoms with van der Waals surface area (Å²) in [5, 5.41) is 12.7. The minimum absolute atomic E-state index is 0.0759. The average molecular weight is 744 g/mol. The van der Waals surface area contributed by atoms with E-state index < -0.39 is 26.5 Å². The lowest BCUT2D eigenvalue weighted by Crippen LogP contribution is -2.27. The zero-order chi connectivity index (χ0) is 37.5. The molecule has 0 rings (SSSR count). The van der Waals surface area contributed by atoms with Crippen LogP contribution in [-0.2, 0) is 27.9 Å². The van der Waals surface area contributed by atoms with Crippen LogP contribution in [-0.4, -0.2) is 54.3 Å². The van der Waals surface area contributed by atoms with E-state index in [2.05, 4.69) is 43.5 Å². The summed E-state index contributed by atoms with van der Waals surface area (Å²) in [4.78, 5) is 33.8. The van der Waals surface area contributed by atoms with Crippen molar-refractivity contribution in [1.29, 1.82) is 0 Å². The topological polar surface area (TPSA) is 131 Å². The van der Waals surface area contributed by atoms with Gasteiger partial charge >= 0.3 is 13.8 Å². The Kier molecular flexibility index (Phi) is 37.1. The number of nitrogens with one attached hydrogen (secondary N) is 1. The minimum atomic E-state index is -4.41. The van der Waals surface area contributed by atoms with Gasteiger partial charge < -0.3 is 20.1 Å².